The zero-order valence-electron chi connectivity index (χ0n) is 12.1. The molecule has 0 saturated carbocycles. The van der Waals surface area contributed by atoms with Crippen molar-refractivity contribution in [3.63, 3.8) is 0 Å². The zero-order chi connectivity index (χ0) is 15.2. The number of hydrogen-bond acceptors (Lipinski definition) is 5. The van der Waals surface area contributed by atoms with Crippen molar-refractivity contribution < 1.29 is 4.74 Å². The lowest BCUT2D eigenvalue weighted by molar-refractivity contribution is 0.0431. The number of halogens is 1. The Hall–Kier alpha value is -1.66. The van der Waals surface area contributed by atoms with Crippen molar-refractivity contribution in [2.24, 2.45) is 5.73 Å². The van der Waals surface area contributed by atoms with Gasteiger partial charge in [-0.25, -0.2) is 9.97 Å². The third-order valence-electron chi connectivity index (χ3n) is 4.67. The second kappa shape index (κ2) is 5.21. The summed E-state index contributed by atoms with van der Waals surface area (Å²) in [5, 5.41) is 0. The van der Waals surface area contributed by atoms with E-state index in [0.29, 0.717) is 0 Å². The maximum absolute atomic E-state index is 6.48. The Kier molecular flexibility index (Phi) is 3.31. The molecule has 114 valence electrons. The first-order chi connectivity index (χ1) is 10.7. The Labute approximate surface area is 137 Å². The quantitative estimate of drug-likeness (QED) is 0.846. The summed E-state index contributed by atoms with van der Waals surface area (Å²) in [6.07, 6.45) is 5.31. The van der Waals surface area contributed by atoms with E-state index in [-0.39, 0.29) is 11.6 Å². The van der Waals surface area contributed by atoms with E-state index in [1.165, 1.54) is 0 Å². The fraction of sp³-hybridized carbons (Fsp3) is 0.375. The highest BCUT2D eigenvalue weighted by Crippen LogP contribution is 2.47. The maximum Gasteiger partial charge on any atom is 0.147 e. The van der Waals surface area contributed by atoms with Crippen LogP contribution in [0, 0.1) is 0 Å². The van der Waals surface area contributed by atoms with Gasteiger partial charge >= 0.3 is 0 Å². The number of para-hydroxylation sites is 1. The minimum atomic E-state index is -0.275. The molecule has 4 rings (SSSR count). The smallest absolute Gasteiger partial charge is 0.147 e. The number of nitrogens with two attached hydrogens (primary N) is 1. The van der Waals surface area contributed by atoms with Gasteiger partial charge < -0.3 is 15.4 Å². The largest absolute Gasteiger partial charge is 0.485 e. The SMILES string of the molecule is N[C@@H]1c2ccccc2OC12CCN(c1cnc(Br)cn1)CC2. The number of hydrogen-bond donors (Lipinski definition) is 1. The molecule has 0 radical (unpaired) electrons. The Morgan fingerprint density at radius 2 is 1.95 bits per heavy atom. The van der Waals surface area contributed by atoms with Crippen LogP contribution in [0.3, 0.4) is 0 Å². The van der Waals surface area contributed by atoms with E-state index in [4.69, 9.17) is 10.5 Å². The molecule has 1 fully saturated rings. The molecule has 22 heavy (non-hydrogen) atoms. The lowest BCUT2D eigenvalue weighted by Gasteiger charge is -2.41. The fourth-order valence-corrected chi connectivity index (χ4v) is 3.60. The van der Waals surface area contributed by atoms with Gasteiger partial charge in [0, 0.05) is 31.5 Å². The van der Waals surface area contributed by atoms with Crippen molar-refractivity contribution >= 4 is 21.7 Å². The van der Waals surface area contributed by atoms with Gasteiger partial charge in [0.2, 0.25) is 0 Å². The van der Waals surface area contributed by atoms with Crippen LogP contribution in [0.15, 0.2) is 41.3 Å². The first-order valence-electron chi connectivity index (χ1n) is 7.44. The van der Waals surface area contributed by atoms with E-state index in [0.717, 1.165) is 47.7 Å². The van der Waals surface area contributed by atoms with Crippen molar-refractivity contribution in [2.45, 2.75) is 24.5 Å². The van der Waals surface area contributed by atoms with Crippen LogP contribution in [0.1, 0.15) is 24.4 Å². The first-order valence-corrected chi connectivity index (χ1v) is 8.23. The number of aromatic nitrogens is 2. The molecule has 1 aromatic carbocycles. The molecule has 1 aromatic heterocycles. The molecule has 1 saturated heterocycles. The average molecular weight is 361 g/mol. The molecule has 2 aromatic rings. The minimum absolute atomic E-state index is 0.0538. The summed E-state index contributed by atoms with van der Waals surface area (Å²) in [5.74, 6) is 1.84. The predicted molar refractivity (Wildman–Crippen MR) is 87.9 cm³/mol. The number of nitrogens with zero attached hydrogens (tertiary/aromatic N) is 3. The van der Waals surface area contributed by atoms with E-state index < -0.39 is 0 Å². The number of benzene rings is 1. The van der Waals surface area contributed by atoms with Gasteiger partial charge in [-0.15, -0.1) is 0 Å². The van der Waals surface area contributed by atoms with E-state index in [1.807, 2.05) is 18.2 Å². The molecule has 2 N–H and O–H groups in total. The summed E-state index contributed by atoms with van der Waals surface area (Å²) in [7, 11) is 0. The first kappa shape index (κ1) is 14.0. The van der Waals surface area contributed by atoms with Crippen molar-refractivity contribution in [1.29, 1.82) is 0 Å². The Balaban J connectivity index is 1.52. The van der Waals surface area contributed by atoms with E-state index in [2.05, 4.69) is 36.9 Å². The summed E-state index contributed by atoms with van der Waals surface area (Å²) < 4.78 is 7.01. The van der Waals surface area contributed by atoms with Crippen LogP contribution in [0.25, 0.3) is 0 Å². The highest BCUT2D eigenvalue weighted by molar-refractivity contribution is 9.10. The Morgan fingerprint density at radius 1 is 1.18 bits per heavy atom. The predicted octanol–water partition coefficient (Wildman–Crippen LogP) is 2.67. The Bertz CT molecular complexity index is 683. The second-order valence-electron chi connectivity index (χ2n) is 5.87. The molecule has 2 aliphatic heterocycles. The van der Waals surface area contributed by atoms with Crippen LogP contribution in [0.2, 0.25) is 0 Å². The molecule has 0 unspecified atom stereocenters. The van der Waals surface area contributed by atoms with Crippen LogP contribution in [-0.2, 0) is 0 Å². The summed E-state index contributed by atoms with van der Waals surface area (Å²) in [4.78, 5) is 10.9. The number of ether oxygens (including phenoxy) is 1. The summed E-state index contributed by atoms with van der Waals surface area (Å²) >= 11 is 3.31. The van der Waals surface area contributed by atoms with Gasteiger partial charge in [-0.2, -0.15) is 0 Å². The number of piperidine rings is 1. The molecule has 1 spiro atoms. The molecule has 2 aliphatic rings. The summed E-state index contributed by atoms with van der Waals surface area (Å²) in [6.45, 7) is 1.75. The highest BCUT2D eigenvalue weighted by atomic mass is 79.9. The fourth-order valence-electron chi connectivity index (χ4n) is 3.39. The molecule has 0 amide bonds. The molecule has 3 heterocycles. The average Bonchev–Trinajstić information content (AvgIpc) is 2.82. The second-order valence-corrected chi connectivity index (χ2v) is 6.68. The van der Waals surface area contributed by atoms with Crippen LogP contribution < -0.4 is 15.4 Å². The molecule has 0 bridgehead atoms. The van der Waals surface area contributed by atoms with Gasteiger partial charge in [-0.1, -0.05) is 18.2 Å². The van der Waals surface area contributed by atoms with Crippen LogP contribution in [0.5, 0.6) is 5.75 Å². The van der Waals surface area contributed by atoms with Crippen molar-refractivity contribution in [3.8, 4) is 5.75 Å². The molecule has 6 heteroatoms. The van der Waals surface area contributed by atoms with Gasteiger partial charge in [0.25, 0.3) is 0 Å². The molecular weight excluding hydrogens is 344 g/mol. The number of rotatable bonds is 1. The lowest BCUT2D eigenvalue weighted by Crippen LogP contribution is -2.51. The Morgan fingerprint density at radius 3 is 2.64 bits per heavy atom. The van der Waals surface area contributed by atoms with Gasteiger partial charge in [0.05, 0.1) is 18.4 Å². The lowest BCUT2D eigenvalue weighted by atomic mass is 9.83. The third kappa shape index (κ3) is 2.18. The van der Waals surface area contributed by atoms with Crippen molar-refractivity contribution in [2.75, 3.05) is 18.0 Å². The van der Waals surface area contributed by atoms with Crippen LogP contribution >= 0.6 is 15.9 Å². The van der Waals surface area contributed by atoms with E-state index >= 15 is 0 Å². The third-order valence-corrected chi connectivity index (χ3v) is 5.08. The summed E-state index contributed by atoms with van der Waals surface area (Å²) in [6, 6.07) is 8.05. The molecule has 0 aliphatic carbocycles. The topological polar surface area (TPSA) is 64.3 Å². The number of anilines is 1. The molecular formula is C16H17BrN4O. The van der Waals surface area contributed by atoms with Crippen LogP contribution in [0.4, 0.5) is 5.82 Å². The zero-order valence-corrected chi connectivity index (χ0v) is 13.7. The standard InChI is InChI=1S/C16H17BrN4O/c17-13-9-20-14(10-19-13)21-7-5-16(6-8-21)15(18)11-3-1-2-4-12(11)22-16/h1-4,9-10,15H,5-8,18H2/t15-/m1/s1. The highest BCUT2D eigenvalue weighted by Gasteiger charge is 2.48. The van der Waals surface area contributed by atoms with Crippen molar-refractivity contribution in [1.82, 2.24) is 9.97 Å². The van der Waals surface area contributed by atoms with Gasteiger partial charge in [0.1, 0.15) is 21.8 Å². The van der Waals surface area contributed by atoms with Crippen molar-refractivity contribution in [3.05, 3.63) is 46.8 Å². The maximum atomic E-state index is 6.48. The monoisotopic (exact) mass is 360 g/mol. The van der Waals surface area contributed by atoms with Gasteiger partial charge in [-0.3, -0.25) is 0 Å². The van der Waals surface area contributed by atoms with E-state index in [1.54, 1.807) is 12.4 Å². The number of fused-ring (bicyclic) bond motifs is 1. The molecule has 1 atom stereocenters. The normalized spacial score (nSPS) is 22.5. The minimum Gasteiger partial charge on any atom is -0.485 e. The van der Waals surface area contributed by atoms with E-state index in [9.17, 15) is 0 Å². The van der Waals surface area contributed by atoms with Crippen LogP contribution in [-0.4, -0.2) is 28.7 Å². The van der Waals surface area contributed by atoms with Gasteiger partial charge in [-0.05, 0) is 22.0 Å². The summed E-state index contributed by atoms with van der Waals surface area (Å²) in [5.41, 5.74) is 7.33. The molecule has 5 nitrogen and oxygen atoms in total. The van der Waals surface area contributed by atoms with Gasteiger partial charge in [0.15, 0.2) is 0 Å².